The van der Waals surface area contributed by atoms with Gasteiger partial charge in [0.05, 0.1) is 5.56 Å². The monoisotopic (exact) mass is 309 g/mol. The second-order valence-electron chi connectivity index (χ2n) is 3.93. The van der Waals surface area contributed by atoms with Crippen LogP contribution in [0.1, 0.15) is 16.8 Å². The number of nitro groups is 1. The molecule has 2 aromatic rings. The van der Waals surface area contributed by atoms with Gasteiger partial charge < -0.3 is 10.1 Å². The number of rotatable bonds is 4. The second-order valence-corrected chi connectivity index (χ2v) is 4.49. The fraction of sp³-hybridized carbons (Fsp3) is 0.250. The van der Waals surface area contributed by atoms with Gasteiger partial charge in [-0.05, 0) is 10.5 Å². The normalized spacial score (nSPS) is 10.6. The summed E-state index contributed by atoms with van der Waals surface area (Å²) in [7, 11) is 1.60. The van der Waals surface area contributed by atoms with Gasteiger partial charge in [0.25, 0.3) is 0 Å². The van der Waals surface area contributed by atoms with Crippen LogP contribution in [0.5, 0.6) is 0 Å². The number of hydrogen-bond donors (Lipinski definition) is 0. The van der Waals surface area contributed by atoms with E-state index in [0.29, 0.717) is 17.3 Å². The SMILES string of the molecule is Cn1nc(Cc2ccccc2)c(CBr)c1[N+](=O)[O-]. The lowest BCUT2D eigenvalue weighted by atomic mass is 10.1. The summed E-state index contributed by atoms with van der Waals surface area (Å²) in [6.45, 7) is 0. The highest BCUT2D eigenvalue weighted by Gasteiger charge is 2.24. The first-order valence-corrected chi connectivity index (χ1v) is 6.54. The summed E-state index contributed by atoms with van der Waals surface area (Å²) in [4.78, 5) is 10.6. The summed E-state index contributed by atoms with van der Waals surface area (Å²) < 4.78 is 1.33. The summed E-state index contributed by atoms with van der Waals surface area (Å²) in [5.74, 6) is 0.0535. The Morgan fingerprint density at radius 2 is 2.06 bits per heavy atom. The number of hydrogen-bond acceptors (Lipinski definition) is 3. The minimum absolute atomic E-state index is 0.0535. The highest BCUT2D eigenvalue weighted by Crippen LogP contribution is 2.25. The van der Waals surface area contributed by atoms with Crippen LogP contribution in [0.15, 0.2) is 30.3 Å². The molecule has 1 aromatic carbocycles. The van der Waals surface area contributed by atoms with Crippen molar-refractivity contribution in [2.45, 2.75) is 11.8 Å². The zero-order valence-electron chi connectivity index (χ0n) is 9.84. The van der Waals surface area contributed by atoms with Gasteiger partial charge in [0.2, 0.25) is 0 Å². The van der Waals surface area contributed by atoms with E-state index in [-0.39, 0.29) is 5.82 Å². The minimum Gasteiger partial charge on any atom is -0.358 e. The van der Waals surface area contributed by atoms with E-state index >= 15 is 0 Å². The van der Waals surface area contributed by atoms with Crippen LogP contribution in [0.3, 0.4) is 0 Å². The molecule has 0 bridgehead atoms. The van der Waals surface area contributed by atoms with E-state index in [1.54, 1.807) is 7.05 Å². The van der Waals surface area contributed by atoms with Gasteiger partial charge in [0.1, 0.15) is 12.7 Å². The molecule has 1 heterocycles. The van der Waals surface area contributed by atoms with Crippen molar-refractivity contribution in [3.05, 3.63) is 57.3 Å². The third-order valence-electron chi connectivity index (χ3n) is 2.72. The molecule has 0 N–H and O–H groups in total. The number of aryl methyl sites for hydroxylation is 1. The zero-order valence-corrected chi connectivity index (χ0v) is 11.4. The number of nitrogens with zero attached hydrogens (tertiary/aromatic N) is 3. The largest absolute Gasteiger partial charge is 0.358 e. The molecule has 0 saturated heterocycles. The van der Waals surface area contributed by atoms with Crippen molar-refractivity contribution in [1.29, 1.82) is 0 Å². The third kappa shape index (κ3) is 2.43. The van der Waals surface area contributed by atoms with Gasteiger partial charge in [-0.3, -0.25) is 0 Å². The quantitative estimate of drug-likeness (QED) is 0.495. The van der Waals surface area contributed by atoms with Crippen molar-refractivity contribution in [3.63, 3.8) is 0 Å². The van der Waals surface area contributed by atoms with Crippen molar-refractivity contribution < 1.29 is 4.92 Å². The van der Waals surface area contributed by atoms with Crippen LogP contribution >= 0.6 is 15.9 Å². The summed E-state index contributed by atoms with van der Waals surface area (Å²) in [6, 6.07) is 9.80. The van der Waals surface area contributed by atoms with E-state index in [0.717, 1.165) is 11.3 Å². The fourth-order valence-corrected chi connectivity index (χ4v) is 2.48. The van der Waals surface area contributed by atoms with Crippen molar-refractivity contribution in [3.8, 4) is 0 Å². The van der Waals surface area contributed by atoms with Crippen LogP contribution in [-0.4, -0.2) is 14.7 Å². The van der Waals surface area contributed by atoms with Gasteiger partial charge in [-0.15, -0.1) is 4.68 Å². The number of benzene rings is 1. The standard InChI is InChI=1S/C12H12BrN3O2/c1-15-12(16(17)18)10(8-13)11(14-15)7-9-5-3-2-4-6-9/h2-6H,7-8H2,1H3. The predicted molar refractivity (Wildman–Crippen MR) is 71.7 cm³/mol. The highest BCUT2D eigenvalue weighted by atomic mass is 79.9. The maximum Gasteiger partial charge on any atom is 0.348 e. The van der Waals surface area contributed by atoms with Crippen molar-refractivity contribution in [2.75, 3.05) is 0 Å². The first-order chi connectivity index (χ1) is 8.63. The van der Waals surface area contributed by atoms with E-state index in [1.807, 2.05) is 30.3 Å². The van der Waals surface area contributed by atoms with Gasteiger partial charge >= 0.3 is 5.82 Å². The number of alkyl halides is 1. The van der Waals surface area contributed by atoms with Crippen LogP contribution in [0.4, 0.5) is 5.82 Å². The molecule has 0 fully saturated rings. The second kappa shape index (κ2) is 5.30. The van der Waals surface area contributed by atoms with Crippen LogP contribution in [0.2, 0.25) is 0 Å². The smallest absolute Gasteiger partial charge is 0.348 e. The van der Waals surface area contributed by atoms with E-state index in [9.17, 15) is 10.1 Å². The lowest BCUT2D eigenvalue weighted by Gasteiger charge is -1.99. The Hall–Kier alpha value is -1.69. The zero-order chi connectivity index (χ0) is 13.1. The fourth-order valence-electron chi connectivity index (χ4n) is 1.91. The summed E-state index contributed by atoms with van der Waals surface area (Å²) in [5, 5.41) is 15.7. The number of aromatic nitrogens is 2. The maximum atomic E-state index is 11.0. The first kappa shape index (κ1) is 12.8. The van der Waals surface area contributed by atoms with Gasteiger partial charge in [-0.1, -0.05) is 51.4 Å². The van der Waals surface area contributed by atoms with Gasteiger partial charge in [0, 0.05) is 11.8 Å². The van der Waals surface area contributed by atoms with Crippen molar-refractivity contribution >= 4 is 21.7 Å². The molecular weight excluding hydrogens is 298 g/mol. The molecule has 2 rings (SSSR count). The highest BCUT2D eigenvalue weighted by molar-refractivity contribution is 9.08. The van der Waals surface area contributed by atoms with E-state index in [2.05, 4.69) is 21.0 Å². The average Bonchev–Trinajstić information content (AvgIpc) is 2.66. The van der Waals surface area contributed by atoms with Crippen LogP contribution in [-0.2, 0) is 18.8 Å². The molecule has 0 unspecified atom stereocenters. The molecule has 0 saturated carbocycles. The van der Waals surface area contributed by atoms with Crippen molar-refractivity contribution in [1.82, 2.24) is 9.78 Å². The van der Waals surface area contributed by atoms with Gasteiger partial charge in [0.15, 0.2) is 0 Å². The topological polar surface area (TPSA) is 61.0 Å². The molecule has 0 radical (unpaired) electrons. The molecule has 5 nitrogen and oxygen atoms in total. The van der Waals surface area contributed by atoms with Crippen molar-refractivity contribution in [2.24, 2.45) is 7.05 Å². The Morgan fingerprint density at radius 1 is 1.39 bits per heavy atom. The Balaban J connectivity index is 2.40. The number of halogens is 1. The molecule has 0 amide bonds. The molecule has 94 valence electrons. The van der Waals surface area contributed by atoms with Crippen LogP contribution < -0.4 is 0 Å². The summed E-state index contributed by atoms with van der Waals surface area (Å²) in [6.07, 6.45) is 0.601. The maximum absolute atomic E-state index is 11.0. The lowest BCUT2D eigenvalue weighted by molar-refractivity contribution is -0.392. The lowest BCUT2D eigenvalue weighted by Crippen LogP contribution is -1.99. The van der Waals surface area contributed by atoms with Gasteiger partial charge in [-0.2, -0.15) is 0 Å². The molecule has 1 aromatic heterocycles. The molecule has 0 spiro atoms. The third-order valence-corrected chi connectivity index (χ3v) is 3.28. The van der Waals surface area contributed by atoms with Crippen LogP contribution in [0.25, 0.3) is 0 Å². The van der Waals surface area contributed by atoms with Gasteiger partial charge in [-0.25, -0.2) is 0 Å². The Morgan fingerprint density at radius 3 is 2.61 bits per heavy atom. The van der Waals surface area contributed by atoms with E-state index in [4.69, 9.17) is 0 Å². The Kier molecular flexibility index (Phi) is 3.76. The molecule has 0 aliphatic carbocycles. The van der Waals surface area contributed by atoms with E-state index < -0.39 is 4.92 Å². The van der Waals surface area contributed by atoms with E-state index in [1.165, 1.54) is 4.68 Å². The molecule has 0 aliphatic rings. The average molecular weight is 310 g/mol. The molecule has 0 aliphatic heterocycles. The first-order valence-electron chi connectivity index (χ1n) is 5.42. The molecule has 6 heteroatoms. The molecular formula is C12H12BrN3O2. The summed E-state index contributed by atoms with van der Waals surface area (Å²) >= 11 is 3.30. The Labute approximate surface area is 113 Å². The Bertz CT molecular complexity index is 566. The summed E-state index contributed by atoms with van der Waals surface area (Å²) in [5.41, 5.74) is 2.48. The van der Waals surface area contributed by atoms with Crippen LogP contribution in [0, 0.1) is 10.1 Å². The molecule has 18 heavy (non-hydrogen) atoms. The predicted octanol–water partition coefficient (Wildman–Crippen LogP) is 2.81. The minimum atomic E-state index is -0.391. The molecule has 0 atom stereocenters.